The van der Waals surface area contributed by atoms with E-state index in [-0.39, 0.29) is 18.1 Å². The highest BCUT2D eigenvalue weighted by Gasteiger charge is 2.07. The third kappa shape index (κ3) is 3.07. The molecule has 7 heteroatoms. The molecule has 0 bridgehead atoms. The van der Waals surface area contributed by atoms with Gasteiger partial charge in [0.15, 0.2) is 0 Å². The second-order valence-electron chi connectivity index (χ2n) is 3.64. The Morgan fingerprint density at radius 1 is 1.56 bits per heavy atom. The molecule has 0 aliphatic carbocycles. The summed E-state index contributed by atoms with van der Waals surface area (Å²) >= 11 is 3.23. The topological polar surface area (TPSA) is 72.9 Å². The van der Waals surface area contributed by atoms with Crippen molar-refractivity contribution in [2.75, 3.05) is 11.1 Å². The molecule has 5 nitrogen and oxygen atoms in total. The molecule has 1 amide bonds. The van der Waals surface area contributed by atoms with Gasteiger partial charge in [0.1, 0.15) is 12.4 Å². The molecule has 0 aliphatic rings. The van der Waals surface area contributed by atoms with Gasteiger partial charge in [-0.15, -0.1) is 0 Å². The number of nitrogens with one attached hydrogen (secondary N) is 1. The highest BCUT2D eigenvalue weighted by Crippen LogP contribution is 2.19. The zero-order valence-corrected chi connectivity index (χ0v) is 10.8. The van der Waals surface area contributed by atoms with Gasteiger partial charge >= 0.3 is 0 Å². The maximum absolute atomic E-state index is 13.0. The summed E-state index contributed by atoms with van der Waals surface area (Å²) in [5.41, 5.74) is 6.19. The number of carbonyl (C=O) groups excluding carboxylic acids is 1. The van der Waals surface area contributed by atoms with E-state index in [1.54, 1.807) is 12.4 Å². The predicted octanol–water partition coefficient (Wildman–Crippen LogP) is 2.01. The number of nitrogens with two attached hydrogens (primary N) is 1. The maximum atomic E-state index is 13.0. The van der Waals surface area contributed by atoms with Gasteiger partial charge in [0, 0.05) is 6.20 Å². The molecule has 0 saturated carbocycles. The molecule has 0 unspecified atom stereocenters. The smallest absolute Gasteiger partial charge is 0.246 e. The number of amides is 1. The number of carbonyl (C=O) groups is 1. The standard InChI is InChI=1S/C11H10BrFN4O/c12-7-4-15-17(5-7)6-11(18)16-10-3-8(13)1-2-9(10)14/h1-5H,6,14H2,(H,16,18). The zero-order chi connectivity index (χ0) is 13.1. The molecule has 0 aliphatic heterocycles. The number of nitrogen functional groups attached to an aromatic ring is 1. The number of hydrogen-bond donors (Lipinski definition) is 2. The average molecular weight is 313 g/mol. The predicted molar refractivity (Wildman–Crippen MR) is 69.4 cm³/mol. The summed E-state index contributed by atoms with van der Waals surface area (Å²) < 4.78 is 15.2. The van der Waals surface area contributed by atoms with E-state index in [2.05, 4.69) is 26.3 Å². The van der Waals surface area contributed by atoms with Crippen LogP contribution in [0.2, 0.25) is 0 Å². The minimum atomic E-state index is -0.457. The maximum Gasteiger partial charge on any atom is 0.246 e. The van der Waals surface area contributed by atoms with E-state index in [9.17, 15) is 9.18 Å². The number of anilines is 2. The van der Waals surface area contributed by atoms with Crippen molar-refractivity contribution in [2.24, 2.45) is 0 Å². The molecular weight excluding hydrogens is 303 g/mol. The molecule has 18 heavy (non-hydrogen) atoms. The third-order valence-corrected chi connectivity index (χ3v) is 2.61. The molecule has 2 rings (SSSR count). The summed E-state index contributed by atoms with van der Waals surface area (Å²) in [6.45, 7) is 0.0293. The first-order chi connectivity index (χ1) is 8.54. The van der Waals surface area contributed by atoms with Gasteiger partial charge in [0.05, 0.1) is 22.0 Å². The van der Waals surface area contributed by atoms with Crippen LogP contribution < -0.4 is 11.1 Å². The molecule has 0 radical (unpaired) electrons. The van der Waals surface area contributed by atoms with E-state index in [0.717, 1.165) is 4.47 Å². The molecule has 2 aromatic rings. The lowest BCUT2D eigenvalue weighted by atomic mass is 10.2. The van der Waals surface area contributed by atoms with Crippen LogP contribution in [0.25, 0.3) is 0 Å². The Labute approximate surface area is 111 Å². The molecule has 1 aromatic heterocycles. The summed E-state index contributed by atoms with van der Waals surface area (Å²) in [4.78, 5) is 11.7. The van der Waals surface area contributed by atoms with Gasteiger partial charge in [0.2, 0.25) is 5.91 Å². The van der Waals surface area contributed by atoms with Gasteiger partial charge in [-0.3, -0.25) is 9.48 Å². The van der Waals surface area contributed by atoms with E-state index in [0.29, 0.717) is 5.69 Å². The van der Waals surface area contributed by atoms with Crippen LogP contribution in [-0.2, 0) is 11.3 Å². The lowest BCUT2D eigenvalue weighted by Gasteiger charge is -2.08. The minimum Gasteiger partial charge on any atom is -0.397 e. The quantitative estimate of drug-likeness (QED) is 0.851. The minimum absolute atomic E-state index is 0.0293. The van der Waals surface area contributed by atoms with E-state index >= 15 is 0 Å². The molecule has 0 spiro atoms. The van der Waals surface area contributed by atoms with Crippen molar-refractivity contribution in [3.63, 3.8) is 0 Å². The highest BCUT2D eigenvalue weighted by molar-refractivity contribution is 9.10. The van der Waals surface area contributed by atoms with Gasteiger partial charge < -0.3 is 11.1 Å². The van der Waals surface area contributed by atoms with E-state index < -0.39 is 5.82 Å². The Morgan fingerprint density at radius 3 is 3.00 bits per heavy atom. The lowest BCUT2D eigenvalue weighted by molar-refractivity contribution is -0.116. The van der Waals surface area contributed by atoms with Crippen LogP contribution in [0.1, 0.15) is 0 Å². The molecule has 0 fully saturated rings. The van der Waals surface area contributed by atoms with Crippen molar-refractivity contribution in [1.29, 1.82) is 0 Å². The van der Waals surface area contributed by atoms with Crippen molar-refractivity contribution < 1.29 is 9.18 Å². The fraction of sp³-hybridized carbons (Fsp3) is 0.0909. The van der Waals surface area contributed by atoms with Gasteiger partial charge in [0.25, 0.3) is 0 Å². The first-order valence-electron chi connectivity index (χ1n) is 5.07. The van der Waals surface area contributed by atoms with E-state index in [1.165, 1.54) is 22.9 Å². The Balaban J connectivity index is 2.05. The van der Waals surface area contributed by atoms with Gasteiger partial charge in [-0.05, 0) is 34.1 Å². The average Bonchev–Trinajstić information content (AvgIpc) is 2.69. The van der Waals surface area contributed by atoms with Crippen LogP contribution in [0.3, 0.4) is 0 Å². The highest BCUT2D eigenvalue weighted by atomic mass is 79.9. The third-order valence-electron chi connectivity index (χ3n) is 2.20. The molecule has 0 saturated heterocycles. The lowest BCUT2D eigenvalue weighted by Crippen LogP contribution is -2.19. The van der Waals surface area contributed by atoms with Gasteiger partial charge in [-0.1, -0.05) is 0 Å². The van der Waals surface area contributed by atoms with Crippen LogP contribution in [-0.4, -0.2) is 15.7 Å². The van der Waals surface area contributed by atoms with Crippen molar-refractivity contribution in [1.82, 2.24) is 9.78 Å². The largest absolute Gasteiger partial charge is 0.397 e. The summed E-state index contributed by atoms with van der Waals surface area (Å²) in [6, 6.07) is 3.80. The number of hydrogen-bond acceptors (Lipinski definition) is 3. The van der Waals surface area contributed by atoms with Crippen molar-refractivity contribution >= 4 is 33.2 Å². The number of benzene rings is 1. The second kappa shape index (κ2) is 5.18. The van der Waals surface area contributed by atoms with E-state index in [1.807, 2.05) is 0 Å². The monoisotopic (exact) mass is 312 g/mol. The van der Waals surface area contributed by atoms with Crippen LogP contribution in [0, 0.1) is 5.82 Å². The van der Waals surface area contributed by atoms with Crippen molar-refractivity contribution in [3.05, 3.63) is 40.9 Å². The summed E-state index contributed by atoms with van der Waals surface area (Å²) in [7, 11) is 0. The Kier molecular flexibility index (Phi) is 3.61. The van der Waals surface area contributed by atoms with Crippen LogP contribution in [0.15, 0.2) is 35.1 Å². The summed E-state index contributed by atoms with van der Waals surface area (Å²) in [5, 5.41) is 6.47. The molecule has 3 N–H and O–H groups in total. The Morgan fingerprint density at radius 2 is 2.33 bits per heavy atom. The summed E-state index contributed by atoms with van der Waals surface area (Å²) in [6.07, 6.45) is 3.23. The molecular formula is C11H10BrFN4O. The fourth-order valence-corrected chi connectivity index (χ4v) is 1.73. The first-order valence-corrected chi connectivity index (χ1v) is 5.87. The van der Waals surface area contributed by atoms with Crippen LogP contribution in [0.4, 0.5) is 15.8 Å². The number of rotatable bonds is 3. The normalized spacial score (nSPS) is 10.3. The summed E-state index contributed by atoms with van der Waals surface area (Å²) in [5.74, 6) is -0.788. The molecule has 0 atom stereocenters. The first kappa shape index (κ1) is 12.6. The van der Waals surface area contributed by atoms with Crippen molar-refractivity contribution in [3.8, 4) is 0 Å². The van der Waals surface area contributed by atoms with Gasteiger partial charge in [-0.25, -0.2) is 4.39 Å². The van der Waals surface area contributed by atoms with Crippen LogP contribution >= 0.6 is 15.9 Å². The van der Waals surface area contributed by atoms with Crippen LogP contribution in [0.5, 0.6) is 0 Å². The molecule has 1 heterocycles. The Hall–Kier alpha value is -1.89. The number of halogens is 2. The second-order valence-corrected chi connectivity index (χ2v) is 4.55. The van der Waals surface area contributed by atoms with Crippen molar-refractivity contribution in [2.45, 2.75) is 6.54 Å². The van der Waals surface area contributed by atoms with E-state index in [4.69, 9.17) is 5.73 Å². The molecule has 1 aromatic carbocycles. The van der Waals surface area contributed by atoms with Gasteiger partial charge in [-0.2, -0.15) is 5.10 Å². The SMILES string of the molecule is Nc1ccc(F)cc1NC(=O)Cn1cc(Br)cn1. The molecule has 94 valence electrons. The zero-order valence-electron chi connectivity index (χ0n) is 9.23. The number of aromatic nitrogens is 2. The fourth-order valence-electron chi connectivity index (χ4n) is 1.40. The number of nitrogens with zero attached hydrogens (tertiary/aromatic N) is 2. The Bertz CT molecular complexity index is 584.